The molecular weight excluding hydrogens is 212 g/mol. The van der Waals surface area contributed by atoms with Gasteiger partial charge in [-0.1, -0.05) is 36.9 Å². The topological polar surface area (TPSA) is 26.3 Å². The van der Waals surface area contributed by atoms with E-state index in [0.717, 1.165) is 24.2 Å². The Morgan fingerprint density at radius 3 is 2.47 bits per heavy atom. The second kappa shape index (κ2) is 6.69. The van der Waals surface area contributed by atoms with Gasteiger partial charge in [0.25, 0.3) is 0 Å². The minimum atomic E-state index is 0.0175. The van der Waals surface area contributed by atoms with Crippen LogP contribution in [-0.4, -0.2) is 12.9 Å². The number of ketones is 1. The van der Waals surface area contributed by atoms with Crippen LogP contribution in [0.3, 0.4) is 0 Å². The molecule has 0 heterocycles. The minimum Gasteiger partial charge on any atom is -0.501 e. The molecule has 0 aliphatic carbocycles. The molecule has 0 spiro atoms. The Hall–Kier alpha value is -1.83. The number of hydrogen-bond acceptors (Lipinski definition) is 2. The summed E-state index contributed by atoms with van der Waals surface area (Å²) in [6.07, 6.45) is 4.96. The van der Waals surface area contributed by atoms with Crippen molar-refractivity contribution in [2.45, 2.75) is 19.8 Å². The highest BCUT2D eigenvalue weighted by Crippen LogP contribution is 2.11. The molecule has 2 heteroatoms. The summed E-state index contributed by atoms with van der Waals surface area (Å²) < 4.78 is 5.15. The molecular formula is C15H18O2. The second-order valence-corrected chi connectivity index (χ2v) is 3.87. The van der Waals surface area contributed by atoms with Gasteiger partial charge < -0.3 is 4.74 Å². The number of benzene rings is 1. The first-order chi connectivity index (χ1) is 8.15. The number of hydrogen-bond donors (Lipinski definition) is 0. The molecule has 0 fully saturated rings. The van der Waals surface area contributed by atoms with Crippen molar-refractivity contribution in [3.63, 3.8) is 0 Å². The summed E-state index contributed by atoms with van der Waals surface area (Å²) in [5, 5.41) is 0. The Morgan fingerprint density at radius 2 is 2.00 bits per heavy atom. The number of carbonyl (C=O) groups is 1. The fraction of sp³-hybridized carbons (Fsp3) is 0.267. The van der Waals surface area contributed by atoms with E-state index in [1.165, 1.54) is 18.6 Å². The molecule has 0 atom stereocenters. The third-order valence-corrected chi connectivity index (χ3v) is 2.50. The smallest absolute Gasteiger partial charge is 0.155 e. The summed E-state index contributed by atoms with van der Waals surface area (Å²) in [7, 11) is 1.59. The van der Waals surface area contributed by atoms with Gasteiger partial charge in [0, 0.05) is 12.5 Å². The maximum absolute atomic E-state index is 10.9. The van der Waals surface area contributed by atoms with E-state index in [-0.39, 0.29) is 5.78 Å². The summed E-state index contributed by atoms with van der Waals surface area (Å²) in [6.45, 7) is 5.24. The van der Waals surface area contributed by atoms with Gasteiger partial charge in [-0.25, -0.2) is 0 Å². The van der Waals surface area contributed by atoms with Crippen LogP contribution in [0.2, 0.25) is 0 Å². The van der Waals surface area contributed by atoms with Crippen LogP contribution in [0.15, 0.2) is 42.7 Å². The maximum Gasteiger partial charge on any atom is 0.155 e. The van der Waals surface area contributed by atoms with Gasteiger partial charge in [0.15, 0.2) is 5.78 Å². The van der Waals surface area contributed by atoms with Crippen LogP contribution in [0.4, 0.5) is 0 Å². The highest BCUT2D eigenvalue weighted by atomic mass is 16.5. The standard InChI is InChI=1S/C15H18O2/c1-4-13-5-7-14(8-6-13)9-10-15(17-3)11-12(2)16/h4-8,11H,1,9-10H2,2-3H3/b15-11-. The van der Waals surface area contributed by atoms with Crippen molar-refractivity contribution < 1.29 is 9.53 Å². The first-order valence-electron chi connectivity index (χ1n) is 5.62. The quantitative estimate of drug-likeness (QED) is 0.553. The van der Waals surface area contributed by atoms with E-state index >= 15 is 0 Å². The molecule has 90 valence electrons. The van der Waals surface area contributed by atoms with Crippen LogP contribution in [-0.2, 0) is 16.0 Å². The van der Waals surface area contributed by atoms with Crippen molar-refractivity contribution in [3.8, 4) is 0 Å². The van der Waals surface area contributed by atoms with Crippen molar-refractivity contribution >= 4 is 11.9 Å². The summed E-state index contributed by atoms with van der Waals surface area (Å²) in [6, 6.07) is 8.20. The van der Waals surface area contributed by atoms with E-state index in [2.05, 4.69) is 18.7 Å². The molecule has 0 unspecified atom stereocenters. The van der Waals surface area contributed by atoms with Crippen molar-refractivity contribution in [1.29, 1.82) is 0 Å². The van der Waals surface area contributed by atoms with Gasteiger partial charge in [0.2, 0.25) is 0 Å². The first-order valence-corrected chi connectivity index (χ1v) is 5.62. The first kappa shape index (κ1) is 13.2. The fourth-order valence-corrected chi connectivity index (χ4v) is 1.55. The van der Waals surface area contributed by atoms with Gasteiger partial charge in [0.1, 0.15) is 0 Å². The van der Waals surface area contributed by atoms with Gasteiger partial charge in [-0.2, -0.15) is 0 Å². The maximum atomic E-state index is 10.9. The molecule has 0 radical (unpaired) electrons. The van der Waals surface area contributed by atoms with Crippen molar-refractivity contribution in [2.75, 3.05) is 7.11 Å². The summed E-state index contributed by atoms with van der Waals surface area (Å²) in [4.78, 5) is 10.9. The van der Waals surface area contributed by atoms with Crippen LogP contribution in [0.5, 0.6) is 0 Å². The summed E-state index contributed by atoms with van der Waals surface area (Å²) in [5.74, 6) is 0.745. The molecule has 0 aliphatic rings. The van der Waals surface area contributed by atoms with E-state index in [4.69, 9.17) is 4.74 Å². The Bertz CT molecular complexity index is 413. The zero-order chi connectivity index (χ0) is 12.7. The Morgan fingerprint density at radius 1 is 1.35 bits per heavy atom. The van der Waals surface area contributed by atoms with E-state index in [1.807, 2.05) is 18.2 Å². The van der Waals surface area contributed by atoms with E-state index in [0.29, 0.717) is 0 Å². The van der Waals surface area contributed by atoms with Gasteiger partial charge >= 0.3 is 0 Å². The Balaban J connectivity index is 2.59. The van der Waals surface area contributed by atoms with E-state index in [9.17, 15) is 4.79 Å². The molecule has 1 rings (SSSR count). The lowest BCUT2D eigenvalue weighted by Gasteiger charge is -2.06. The highest BCUT2D eigenvalue weighted by molar-refractivity contribution is 5.87. The van der Waals surface area contributed by atoms with Crippen LogP contribution >= 0.6 is 0 Å². The molecule has 17 heavy (non-hydrogen) atoms. The molecule has 0 N–H and O–H groups in total. The van der Waals surface area contributed by atoms with Gasteiger partial charge in [-0.15, -0.1) is 0 Å². The van der Waals surface area contributed by atoms with Gasteiger partial charge in [-0.05, 0) is 24.5 Å². The van der Waals surface area contributed by atoms with Crippen molar-refractivity contribution in [2.24, 2.45) is 0 Å². The molecule has 0 aliphatic heterocycles. The number of aryl methyl sites for hydroxylation is 1. The van der Waals surface area contributed by atoms with E-state index in [1.54, 1.807) is 7.11 Å². The molecule has 0 amide bonds. The van der Waals surface area contributed by atoms with Crippen molar-refractivity contribution in [3.05, 3.63) is 53.8 Å². The molecule has 0 saturated carbocycles. The number of allylic oxidation sites excluding steroid dienone is 2. The fourth-order valence-electron chi connectivity index (χ4n) is 1.55. The predicted octanol–water partition coefficient (Wildman–Crippen LogP) is 3.38. The third kappa shape index (κ3) is 4.68. The third-order valence-electron chi connectivity index (χ3n) is 2.50. The zero-order valence-electron chi connectivity index (χ0n) is 10.4. The van der Waals surface area contributed by atoms with Crippen LogP contribution in [0.25, 0.3) is 6.08 Å². The normalized spacial score (nSPS) is 11.1. The molecule has 0 saturated heterocycles. The zero-order valence-corrected chi connectivity index (χ0v) is 10.4. The highest BCUT2D eigenvalue weighted by Gasteiger charge is 2.00. The van der Waals surface area contributed by atoms with Gasteiger partial charge in [0.05, 0.1) is 12.9 Å². The Labute approximate surface area is 103 Å². The number of methoxy groups -OCH3 is 1. The summed E-state index contributed by atoms with van der Waals surface area (Å²) >= 11 is 0. The van der Waals surface area contributed by atoms with Crippen molar-refractivity contribution in [1.82, 2.24) is 0 Å². The Kier molecular flexibility index (Phi) is 5.21. The molecule has 1 aromatic rings. The van der Waals surface area contributed by atoms with Crippen LogP contribution in [0, 0.1) is 0 Å². The van der Waals surface area contributed by atoms with Crippen LogP contribution in [0.1, 0.15) is 24.5 Å². The van der Waals surface area contributed by atoms with Crippen LogP contribution < -0.4 is 0 Å². The lowest BCUT2D eigenvalue weighted by molar-refractivity contribution is -0.112. The summed E-state index contributed by atoms with van der Waals surface area (Å²) in [5.41, 5.74) is 2.34. The SMILES string of the molecule is C=Cc1ccc(CC/C(=C/C(C)=O)OC)cc1. The predicted molar refractivity (Wildman–Crippen MR) is 70.6 cm³/mol. The average molecular weight is 230 g/mol. The number of ether oxygens (including phenoxy) is 1. The van der Waals surface area contributed by atoms with Gasteiger partial charge in [-0.3, -0.25) is 4.79 Å². The number of rotatable bonds is 6. The van der Waals surface area contributed by atoms with E-state index < -0.39 is 0 Å². The molecule has 0 bridgehead atoms. The second-order valence-electron chi connectivity index (χ2n) is 3.87. The monoisotopic (exact) mass is 230 g/mol. The molecule has 1 aromatic carbocycles. The minimum absolute atomic E-state index is 0.0175. The largest absolute Gasteiger partial charge is 0.501 e. The molecule has 0 aromatic heterocycles. The molecule has 2 nitrogen and oxygen atoms in total. The lowest BCUT2D eigenvalue weighted by atomic mass is 10.1. The lowest BCUT2D eigenvalue weighted by Crippen LogP contribution is -1.95. The number of carbonyl (C=O) groups excluding carboxylic acids is 1. The average Bonchev–Trinajstić information content (AvgIpc) is 2.34.